The van der Waals surface area contributed by atoms with Crippen molar-refractivity contribution in [1.82, 2.24) is 4.83 Å². The highest BCUT2D eigenvalue weighted by Gasteiger charge is 2.14. The average molecular weight is 397 g/mol. The summed E-state index contributed by atoms with van der Waals surface area (Å²) in [6.07, 6.45) is 8.65. The number of hydrogen-bond donors (Lipinski definition) is 2. The summed E-state index contributed by atoms with van der Waals surface area (Å²) in [5, 5.41) is 14.6. The van der Waals surface area contributed by atoms with Crippen molar-refractivity contribution in [3.8, 4) is 5.75 Å². The molecule has 0 saturated heterocycles. The first-order valence-corrected chi connectivity index (χ1v) is 11.8. The van der Waals surface area contributed by atoms with Crippen LogP contribution < -0.4 is 4.83 Å². The second-order valence-corrected chi connectivity index (χ2v) is 9.14. The van der Waals surface area contributed by atoms with Crippen LogP contribution in [0.2, 0.25) is 0 Å². The van der Waals surface area contributed by atoms with Gasteiger partial charge in [-0.05, 0) is 50.3 Å². The fourth-order valence-corrected chi connectivity index (χ4v) is 3.94. The van der Waals surface area contributed by atoms with E-state index in [0.717, 1.165) is 43.2 Å². The highest BCUT2D eigenvalue weighted by Crippen LogP contribution is 2.26. The van der Waals surface area contributed by atoms with Gasteiger partial charge in [0.15, 0.2) is 0 Å². The summed E-state index contributed by atoms with van der Waals surface area (Å²) in [5.41, 5.74) is 2.99. The predicted molar refractivity (Wildman–Crippen MR) is 114 cm³/mol. The summed E-state index contributed by atoms with van der Waals surface area (Å²) in [7, 11) is -3.45. The Hall–Kier alpha value is -1.56. The molecule has 0 aliphatic heterocycles. The van der Waals surface area contributed by atoms with Gasteiger partial charge in [0.1, 0.15) is 5.75 Å². The van der Waals surface area contributed by atoms with Crippen molar-refractivity contribution >= 4 is 15.7 Å². The minimum Gasteiger partial charge on any atom is -0.507 e. The maximum Gasteiger partial charge on any atom is 0.247 e. The minimum atomic E-state index is -3.45. The van der Waals surface area contributed by atoms with Crippen molar-refractivity contribution in [2.75, 3.05) is 5.75 Å². The summed E-state index contributed by atoms with van der Waals surface area (Å²) < 4.78 is 24.5. The van der Waals surface area contributed by atoms with Crippen molar-refractivity contribution in [1.29, 1.82) is 0 Å². The Morgan fingerprint density at radius 2 is 1.63 bits per heavy atom. The molecule has 0 spiro atoms. The number of phenols is 1. The Balaban J connectivity index is 2.81. The molecule has 0 fully saturated rings. The SMILES string of the molecule is CCCCCCCCS(=O)(=O)N/N=C(\CCCC)c1cc(C)cc(C)c1O. The number of nitrogens with one attached hydrogen (secondary N) is 1. The molecule has 1 rings (SSSR count). The number of hydrazone groups is 1. The quantitative estimate of drug-likeness (QED) is 0.274. The predicted octanol–water partition coefficient (Wildman–Crippen LogP) is 5.18. The lowest BCUT2D eigenvalue weighted by atomic mass is 9.99. The zero-order chi connectivity index (χ0) is 20.3. The molecule has 0 aliphatic carbocycles. The zero-order valence-corrected chi connectivity index (χ0v) is 18.2. The molecule has 0 atom stereocenters. The average Bonchev–Trinajstić information content (AvgIpc) is 2.61. The van der Waals surface area contributed by atoms with Gasteiger partial charge in [-0.25, -0.2) is 13.2 Å². The lowest BCUT2D eigenvalue weighted by molar-refractivity contribution is 0.469. The van der Waals surface area contributed by atoms with Crippen LogP contribution in [-0.4, -0.2) is 25.0 Å². The standard InChI is InChI=1S/C21H36N2O3S/c1-5-7-9-10-11-12-14-27(25,26)23-22-20(13-8-6-2)19-16-17(3)15-18(4)21(19)24/h15-16,23-24H,5-14H2,1-4H3/b22-20+. The van der Waals surface area contributed by atoms with Gasteiger partial charge in [0.05, 0.1) is 11.5 Å². The smallest absolute Gasteiger partial charge is 0.247 e. The summed E-state index contributed by atoms with van der Waals surface area (Å²) in [5.74, 6) is 0.258. The van der Waals surface area contributed by atoms with Gasteiger partial charge in [-0.2, -0.15) is 5.10 Å². The first-order valence-electron chi connectivity index (χ1n) is 10.2. The fourth-order valence-electron chi connectivity index (χ4n) is 3.02. The Bertz CT molecular complexity index is 712. The van der Waals surface area contributed by atoms with Crippen LogP contribution in [0.1, 0.15) is 88.3 Å². The van der Waals surface area contributed by atoms with Crippen LogP contribution in [0.15, 0.2) is 17.2 Å². The number of benzene rings is 1. The molecular formula is C21H36N2O3S. The van der Waals surface area contributed by atoms with Crippen molar-refractivity contribution in [3.63, 3.8) is 0 Å². The van der Waals surface area contributed by atoms with Gasteiger partial charge in [0.25, 0.3) is 0 Å². The molecule has 1 aromatic rings. The van der Waals surface area contributed by atoms with Crippen LogP contribution in [0.4, 0.5) is 0 Å². The zero-order valence-electron chi connectivity index (χ0n) is 17.3. The van der Waals surface area contributed by atoms with E-state index in [1.165, 1.54) is 12.8 Å². The van der Waals surface area contributed by atoms with Crippen LogP contribution >= 0.6 is 0 Å². The lowest BCUT2D eigenvalue weighted by Gasteiger charge is -2.12. The second kappa shape index (κ2) is 12.0. The maximum absolute atomic E-state index is 12.3. The summed E-state index contributed by atoms with van der Waals surface area (Å²) in [4.78, 5) is 2.38. The fraction of sp³-hybridized carbons (Fsp3) is 0.667. The number of nitrogens with zero attached hydrogens (tertiary/aromatic N) is 1. The Kier molecular flexibility index (Phi) is 10.4. The van der Waals surface area contributed by atoms with E-state index in [1.807, 2.05) is 26.0 Å². The monoisotopic (exact) mass is 396 g/mol. The number of aromatic hydroxyl groups is 1. The molecule has 27 heavy (non-hydrogen) atoms. The van der Waals surface area contributed by atoms with Crippen LogP contribution in [0.5, 0.6) is 5.75 Å². The van der Waals surface area contributed by atoms with Crippen molar-refractivity contribution in [3.05, 3.63) is 28.8 Å². The van der Waals surface area contributed by atoms with E-state index in [1.54, 1.807) is 0 Å². The van der Waals surface area contributed by atoms with Crippen LogP contribution in [0, 0.1) is 13.8 Å². The van der Waals surface area contributed by atoms with E-state index in [4.69, 9.17) is 0 Å². The van der Waals surface area contributed by atoms with E-state index in [9.17, 15) is 13.5 Å². The van der Waals surface area contributed by atoms with E-state index in [-0.39, 0.29) is 11.5 Å². The third kappa shape index (κ3) is 8.78. The van der Waals surface area contributed by atoms with Gasteiger partial charge in [-0.15, -0.1) is 0 Å². The molecule has 0 saturated carbocycles. The van der Waals surface area contributed by atoms with Crippen LogP contribution in [0.25, 0.3) is 0 Å². The second-order valence-electron chi connectivity index (χ2n) is 7.32. The van der Waals surface area contributed by atoms with Gasteiger partial charge in [0, 0.05) is 5.56 Å². The Morgan fingerprint density at radius 1 is 1.00 bits per heavy atom. The normalized spacial score (nSPS) is 12.4. The van der Waals surface area contributed by atoms with Crippen molar-refractivity contribution in [2.45, 2.75) is 85.5 Å². The molecule has 5 nitrogen and oxygen atoms in total. The summed E-state index contributed by atoms with van der Waals surface area (Å²) in [6, 6.07) is 3.76. The molecule has 154 valence electrons. The number of phenolic OH excluding ortho intramolecular Hbond substituents is 1. The number of unbranched alkanes of at least 4 members (excludes halogenated alkanes) is 6. The van der Waals surface area contributed by atoms with Gasteiger partial charge < -0.3 is 5.11 Å². The third-order valence-corrected chi connectivity index (χ3v) is 5.80. The minimum absolute atomic E-state index is 0.0858. The largest absolute Gasteiger partial charge is 0.507 e. The highest BCUT2D eigenvalue weighted by atomic mass is 32.2. The molecule has 0 aliphatic rings. The topological polar surface area (TPSA) is 78.8 Å². The van der Waals surface area contributed by atoms with Crippen molar-refractivity contribution in [2.24, 2.45) is 5.10 Å². The third-order valence-electron chi connectivity index (χ3n) is 4.61. The van der Waals surface area contributed by atoms with Crippen LogP contribution in [0.3, 0.4) is 0 Å². The van der Waals surface area contributed by atoms with E-state index < -0.39 is 10.0 Å². The molecule has 0 amide bonds. The highest BCUT2D eigenvalue weighted by molar-refractivity contribution is 7.89. The molecule has 1 aromatic carbocycles. The molecule has 6 heteroatoms. The van der Waals surface area contributed by atoms with E-state index in [2.05, 4.69) is 23.8 Å². The van der Waals surface area contributed by atoms with Crippen LogP contribution in [-0.2, 0) is 10.0 Å². The van der Waals surface area contributed by atoms with Gasteiger partial charge in [-0.3, -0.25) is 0 Å². The molecular weight excluding hydrogens is 360 g/mol. The number of hydrogen-bond acceptors (Lipinski definition) is 4. The van der Waals surface area contributed by atoms with E-state index >= 15 is 0 Å². The maximum atomic E-state index is 12.3. The molecule has 0 aromatic heterocycles. The number of sulfonamides is 1. The first-order chi connectivity index (χ1) is 12.8. The molecule has 0 bridgehead atoms. The van der Waals surface area contributed by atoms with E-state index in [0.29, 0.717) is 24.1 Å². The first kappa shape index (κ1) is 23.5. The van der Waals surface area contributed by atoms with Crippen molar-refractivity contribution < 1.29 is 13.5 Å². The summed E-state index contributed by atoms with van der Waals surface area (Å²) >= 11 is 0. The van der Waals surface area contributed by atoms with Gasteiger partial charge in [0.2, 0.25) is 10.0 Å². The molecule has 0 radical (unpaired) electrons. The lowest BCUT2D eigenvalue weighted by Crippen LogP contribution is -2.23. The molecule has 2 N–H and O–H groups in total. The Labute approximate surface area is 165 Å². The Morgan fingerprint density at radius 3 is 2.30 bits per heavy atom. The number of aryl methyl sites for hydroxylation is 2. The number of rotatable bonds is 13. The van der Waals surface area contributed by atoms with Gasteiger partial charge in [-0.1, -0.05) is 58.4 Å². The van der Waals surface area contributed by atoms with Gasteiger partial charge >= 0.3 is 0 Å². The molecule has 0 heterocycles. The summed E-state index contributed by atoms with van der Waals surface area (Å²) in [6.45, 7) is 8.03. The molecule has 0 unspecified atom stereocenters.